The van der Waals surface area contributed by atoms with Gasteiger partial charge in [0.05, 0.1) is 0 Å². The first kappa shape index (κ1) is 20.9. The molecule has 0 saturated heterocycles. The van der Waals surface area contributed by atoms with Crippen molar-refractivity contribution in [3.63, 3.8) is 0 Å². The second kappa shape index (κ2) is 7.89. The van der Waals surface area contributed by atoms with E-state index in [0.29, 0.717) is 21.9 Å². The summed E-state index contributed by atoms with van der Waals surface area (Å²) >= 11 is 0.993. The average Bonchev–Trinajstić information content (AvgIpc) is 3.11. The number of alkyl halides is 6. The molecule has 0 N–H and O–H groups in total. The fourth-order valence-corrected chi connectivity index (χ4v) is 3.11. The number of halogens is 6. The summed E-state index contributed by atoms with van der Waals surface area (Å²) in [6.07, 6.45) is -7.80. The summed E-state index contributed by atoms with van der Waals surface area (Å²) in [6, 6.07) is 5.20. The lowest BCUT2D eigenvalue weighted by molar-refractivity contribution is -0.274. The molecule has 0 radical (unpaired) electrons. The summed E-state index contributed by atoms with van der Waals surface area (Å²) in [5.74, 6) is -2.63. The maximum absolute atomic E-state index is 12.6. The molecular formula is C16H10F6N4O2S. The molecule has 2 aromatic heterocycles. The first-order valence-electron chi connectivity index (χ1n) is 7.86. The van der Waals surface area contributed by atoms with Gasteiger partial charge in [0.25, 0.3) is 0 Å². The molecule has 0 aliphatic heterocycles. The Hall–Kier alpha value is -2.83. The van der Waals surface area contributed by atoms with Crippen molar-refractivity contribution in [1.82, 2.24) is 20.1 Å². The number of benzene rings is 1. The molecule has 0 fully saturated rings. The van der Waals surface area contributed by atoms with Crippen LogP contribution in [0.3, 0.4) is 0 Å². The molecule has 6 nitrogen and oxygen atoms in total. The van der Waals surface area contributed by atoms with Crippen LogP contribution in [0.4, 0.5) is 26.3 Å². The van der Waals surface area contributed by atoms with Crippen molar-refractivity contribution in [2.75, 3.05) is 0 Å². The quantitative estimate of drug-likeness (QED) is 0.404. The van der Waals surface area contributed by atoms with Crippen molar-refractivity contribution in [3.05, 3.63) is 41.9 Å². The number of aromatic nitrogens is 4. The van der Waals surface area contributed by atoms with Gasteiger partial charge in [0.15, 0.2) is 0 Å². The van der Waals surface area contributed by atoms with Crippen LogP contribution in [-0.4, -0.2) is 26.5 Å². The minimum absolute atomic E-state index is 0.216. The van der Waals surface area contributed by atoms with E-state index in [2.05, 4.69) is 29.4 Å². The van der Waals surface area contributed by atoms with Gasteiger partial charge in [-0.2, -0.15) is 18.2 Å². The van der Waals surface area contributed by atoms with Gasteiger partial charge in [0.1, 0.15) is 10.8 Å². The summed E-state index contributed by atoms with van der Waals surface area (Å²) in [6.45, 7) is 1.79. The third-order valence-corrected chi connectivity index (χ3v) is 4.36. The van der Waals surface area contributed by atoms with Gasteiger partial charge >= 0.3 is 18.4 Å². The van der Waals surface area contributed by atoms with Crippen LogP contribution in [0.25, 0.3) is 11.6 Å². The molecule has 1 aromatic carbocycles. The van der Waals surface area contributed by atoms with E-state index in [4.69, 9.17) is 0 Å². The zero-order chi connectivity index (χ0) is 21.2. The van der Waals surface area contributed by atoms with Crippen molar-refractivity contribution in [3.8, 4) is 17.4 Å². The van der Waals surface area contributed by atoms with Gasteiger partial charge in [-0.15, -0.1) is 13.2 Å². The molecule has 29 heavy (non-hydrogen) atoms. The standard InChI is InChI=1S/C16H10F6N4O2S/c1-2-8-7-23-11(12-25-14(28-26-12)15(17,18)19)24-13(8)29-10-5-3-4-9(6-10)27-16(20,21)22/h3-7H,2H2,1H3. The van der Waals surface area contributed by atoms with Crippen LogP contribution in [0, 0.1) is 0 Å². The number of rotatable bonds is 5. The fourth-order valence-electron chi connectivity index (χ4n) is 2.11. The number of aryl methyl sites for hydroxylation is 1. The normalized spacial score (nSPS) is 12.2. The van der Waals surface area contributed by atoms with Crippen molar-refractivity contribution >= 4 is 11.8 Å². The number of ether oxygens (including phenoxy) is 1. The minimum atomic E-state index is -4.84. The number of hydrogen-bond acceptors (Lipinski definition) is 7. The van der Waals surface area contributed by atoms with Crippen LogP contribution < -0.4 is 4.74 Å². The van der Waals surface area contributed by atoms with E-state index in [0.717, 1.165) is 23.9 Å². The Bertz CT molecular complexity index is 1010. The molecule has 0 atom stereocenters. The highest BCUT2D eigenvalue weighted by molar-refractivity contribution is 7.99. The lowest BCUT2D eigenvalue weighted by atomic mass is 10.3. The highest BCUT2D eigenvalue weighted by atomic mass is 32.2. The Labute approximate surface area is 163 Å². The Morgan fingerprint density at radius 2 is 1.83 bits per heavy atom. The zero-order valence-corrected chi connectivity index (χ0v) is 15.2. The highest BCUT2D eigenvalue weighted by Gasteiger charge is 2.39. The summed E-state index contributed by atoms with van der Waals surface area (Å²) in [5, 5.41) is 3.55. The van der Waals surface area contributed by atoms with Crippen molar-refractivity contribution in [1.29, 1.82) is 0 Å². The molecule has 13 heteroatoms. The van der Waals surface area contributed by atoms with Crippen molar-refractivity contribution in [2.45, 2.75) is 35.8 Å². The molecule has 3 aromatic rings. The van der Waals surface area contributed by atoms with Gasteiger partial charge in [-0.1, -0.05) is 29.9 Å². The van der Waals surface area contributed by atoms with E-state index in [1.807, 2.05) is 0 Å². The van der Waals surface area contributed by atoms with Crippen LogP contribution >= 0.6 is 11.8 Å². The lowest BCUT2D eigenvalue weighted by Crippen LogP contribution is -2.17. The smallest absolute Gasteiger partial charge is 0.406 e. The fraction of sp³-hybridized carbons (Fsp3) is 0.250. The molecule has 0 aliphatic carbocycles. The third-order valence-electron chi connectivity index (χ3n) is 3.33. The minimum Gasteiger partial charge on any atom is -0.406 e. The molecule has 154 valence electrons. The highest BCUT2D eigenvalue weighted by Crippen LogP contribution is 2.34. The van der Waals surface area contributed by atoms with Crippen LogP contribution in [0.15, 0.2) is 44.9 Å². The monoisotopic (exact) mass is 436 g/mol. The SMILES string of the molecule is CCc1cnc(-c2noc(C(F)(F)F)n2)nc1Sc1cccc(OC(F)(F)F)c1. The van der Waals surface area contributed by atoms with Gasteiger partial charge in [-0.05, 0) is 24.6 Å². The number of nitrogens with zero attached hydrogens (tertiary/aromatic N) is 4. The number of hydrogen-bond donors (Lipinski definition) is 0. The summed E-state index contributed by atoms with van der Waals surface area (Å²) in [4.78, 5) is 11.7. The Kier molecular flexibility index (Phi) is 5.68. The van der Waals surface area contributed by atoms with Crippen LogP contribution in [0.5, 0.6) is 5.75 Å². The van der Waals surface area contributed by atoms with Gasteiger partial charge in [0, 0.05) is 16.7 Å². The molecule has 3 rings (SSSR count). The van der Waals surface area contributed by atoms with E-state index in [1.165, 1.54) is 18.3 Å². The van der Waals surface area contributed by atoms with Crippen LogP contribution in [-0.2, 0) is 12.6 Å². The molecule has 0 spiro atoms. The van der Waals surface area contributed by atoms with Gasteiger partial charge in [-0.3, -0.25) is 0 Å². The van der Waals surface area contributed by atoms with Gasteiger partial charge < -0.3 is 9.26 Å². The second-order valence-corrected chi connectivity index (χ2v) is 6.49. The predicted octanol–water partition coefficient (Wildman–Crippen LogP) is 5.16. The molecule has 2 heterocycles. The van der Waals surface area contributed by atoms with Gasteiger partial charge in [0.2, 0.25) is 11.6 Å². The molecule has 0 amide bonds. The predicted molar refractivity (Wildman–Crippen MR) is 87.0 cm³/mol. The van der Waals surface area contributed by atoms with Crippen LogP contribution in [0.2, 0.25) is 0 Å². The first-order valence-corrected chi connectivity index (χ1v) is 8.67. The molecule has 0 unspecified atom stereocenters. The van der Waals surface area contributed by atoms with Crippen molar-refractivity contribution < 1.29 is 35.6 Å². The lowest BCUT2D eigenvalue weighted by Gasteiger charge is -2.11. The van der Waals surface area contributed by atoms with Crippen molar-refractivity contribution in [2.24, 2.45) is 0 Å². The molecule has 0 saturated carbocycles. The Morgan fingerprint density at radius 1 is 1.07 bits per heavy atom. The Morgan fingerprint density at radius 3 is 2.45 bits per heavy atom. The summed E-state index contributed by atoms with van der Waals surface area (Å²) < 4.78 is 83.1. The molecular weight excluding hydrogens is 426 g/mol. The summed E-state index contributed by atoms with van der Waals surface area (Å²) in [5.41, 5.74) is 0.625. The first-order chi connectivity index (χ1) is 13.5. The van der Waals surface area contributed by atoms with E-state index in [9.17, 15) is 26.3 Å². The van der Waals surface area contributed by atoms with E-state index < -0.39 is 30.0 Å². The van der Waals surface area contributed by atoms with E-state index in [-0.39, 0.29) is 5.82 Å². The van der Waals surface area contributed by atoms with E-state index in [1.54, 1.807) is 6.92 Å². The largest absolute Gasteiger partial charge is 0.573 e. The van der Waals surface area contributed by atoms with E-state index >= 15 is 0 Å². The maximum atomic E-state index is 12.6. The van der Waals surface area contributed by atoms with Crippen LogP contribution in [0.1, 0.15) is 18.4 Å². The Balaban J connectivity index is 1.90. The maximum Gasteiger partial charge on any atom is 0.573 e. The topological polar surface area (TPSA) is 73.9 Å². The average molecular weight is 436 g/mol. The zero-order valence-electron chi connectivity index (χ0n) is 14.4. The molecule has 0 bridgehead atoms. The second-order valence-electron chi connectivity index (χ2n) is 5.42. The third kappa shape index (κ3) is 5.37. The van der Waals surface area contributed by atoms with Gasteiger partial charge in [-0.25, -0.2) is 9.97 Å². The summed E-state index contributed by atoms with van der Waals surface area (Å²) in [7, 11) is 0. The molecule has 0 aliphatic rings.